The third-order valence-electron chi connectivity index (χ3n) is 2.16. The fourth-order valence-corrected chi connectivity index (χ4v) is 1.25. The maximum Gasteiger partial charge on any atom is 0.237 e. The fraction of sp³-hybridized carbons (Fsp3) is 0.778. The van der Waals surface area contributed by atoms with Gasteiger partial charge in [0, 0.05) is 12.0 Å². The molecule has 4 heteroatoms. The molecule has 0 aromatic heterocycles. The summed E-state index contributed by atoms with van der Waals surface area (Å²) < 4.78 is 0. The summed E-state index contributed by atoms with van der Waals surface area (Å²) in [6, 6.07) is 0.0561. The van der Waals surface area contributed by atoms with E-state index in [0.717, 1.165) is 12.8 Å². The van der Waals surface area contributed by atoms with Crippen LogP contribution in [0.1, 0.15) is 26.7 Å². The van der Waals surface area contributed by atoms with Gasteiger partial charge in [-0.25, -0.2) is 0 Å². The minimum atomic E-state index is -0.442. The van der Waals surface area contributed by atoms with E-state index < -0.39 is 5.91 Å². The van der Waals surface area contributed by atoms with Crippen LogP contribution in [0.3, 0.4) is 0 Å². The van der Waals surface area contributed by atoms with E-state index >= 15 is 0 Å². The summed E-state index contributed by atoms with van der Waals surface area (Å²) in [5.41, 5.74) is 5.06. The van der Waals surface area contributed by atoms with Gasteiger partial charge in [0.05, 0.1) is 6.54 Å². The first-order valence-electron chi connectivity index (χ1n) is 4.61. The average molecular weight is 184 g/mol. The average Bonchev–Trinajstić information content (AvgIpc) is 2.80. The molecule has 2 N–H and O–H groups in total. The van der Waals surface area contributed by atoms with E-state index in [0.29, 0.717) is 0 Å². The molecule has 0 saturated heterocycles. The number of rotatable bonds is 4. The molecule has 1 aliphatic rings. The van der Waals surface area contributed by atoms with Crippen LogP contribution in [0.2, 0.25) is 0 Å². The van der Waals surface area contributed by atoms with Gasteiger partial charge in [0.15, 0.2) is 0 Å². The minimum absolute atomic E-state index is 0.0486. The van der Waals surface area contributed by atoms with Crippen molar-refractivity contribution in [1.29, 1.82) is 0 Å². The molecule has 0 atom stereocenters. The second-order valence-electron chi connectivity index (χ2n) is 3.80. The van der Waals surface area contributed by atoms with Crippen molar-refractivity contribution in [2.75, 3.05) is 6.54 Å². The molecule has 4 nitrogen and oxygen atoms in total. The fourth-order valence-electron chi connectivity index (χ4n) is 1.25. The minimum Gasteiger partial charge on any atom is -0.368 e. The maximum absolute atomic E-state index is 11.6. The number of carbonyl (C=O) groups is 2. The lowest BCUT2D eigenvalue weighted by Crippen LogP contribution is -2.43. The Kier molecular flexibility index (Phi) is 2.90. The SMILES string of the molecule is CC(C)N(CC(N)=O)C(=O)C1CC1. The lowest BCUT2D eigenvalue weighted by molar-refractivity contribution is -0.138. The van der Waals surface area contributed by atoms with Crippen LogP contribution >= 0.6 is 0 Å². The maximum atomic E-state index is 11.6. The molecular weight excluding hydrogens is 168 g/mol. The van der Waals surface area contributed by atoms with Crippen LogP contribution in [0.5, 0.6) is 0 Å². The van der Waals surface area contributed by atoms with Crippen molar-refractivity contribution < 1.29 is 9.59 Å². The second kappa shape index (κ2) is 3.77. The van der Waals surface area contributed by atoms with Crippen molar-refractivity contribution in [3.8, 4) is 0 Å². The molecule has 0 aromatic rings. The monoisotopic (exact) mass is 184 g/mol. The van der Waals surface area contributed by atoms with Gasteiger partial charge in [-0.05, 0) is 26.7 Å². The largest absolute Gasteiger partial charge is 0.368 e. The normalized spacial score (nSPS) is 15.9. The van der Waals surface area contributed by atoms with E-state index in [-0.39, 0.29) is 24.4 Å². The van der Waals surface area contributed by atoms with Crippen molar-refractivity contribution in [3.63, 3.8) is 0 Å². The molecule has 0 aromatic carbocycles. The molecule has 1 rings (SSSR count). The van der Waals surface area contributed by atoms with Crippen LogP contribution in [0, 0.1) is 5.92 Å². The van der Waals surface area contributed by atoms with Gasteiger partial charge in [-0.1, -0.05) is 0 Å². The van der Waals surface area contributed by atoms with Crippen molar-refractivity contribution in [2.24, 2.45) is 11.7 Å². The zero-order valence-electron chi connectivity index (χ0n) is 8.12. The number of primary amides is 1. The molecule has 0 heterocycles. The summed E-state index contributed by atoms with van der Waals surface area (Å²) in [7, 11) is 0. The summed E-state index contributed by atoms with van der Waals surface area (Å²) in [6.45, 7) is 3.83. The zero-order chi connectivity index (χ0) is 10.0. The predicted molar refractivity (Wildman–Crippen MR) is 48.8 cm³/mol. The Bertz CT molecular complexity index is 222. The van der Waals surface area contributed by atoms with Crippen LogP contribution < -0.4 is 5.73 Å². The highest BCUT2D eigenvalue weighted by Gasteiger charge is 2.34. The van der Waals surface area contributed by atoms with Crippen molar-refractivity contribution in [1.82, 2.24) is 4.90 Å². The summed E-state index contributed by atoms with van der Waals surface area (Å²) in [6.07, 6.45) is 1.92. The Balaban J connectivity index is 2.55. The predicted octanol–water partition coefficient (Wildman–Crippen LogP) is 0.119. The molecule has 1 fully saturated rings. The van der Waals surface area contributed by atoms with Crippen molar-refractivity contribution in [3.05, 3.63) is 0 Å². The first-order chi connectivity index (χ1) is 6.02. The Labute approximate surface area is 78.1 Å². The molecule has 1 aliphatic carbocycles. The first-order valence-corrected chi connectivity index (χ1v) is 4.61. The number of nitrogens with zero attached hydrogens (tertiary/aromatic N) is 1. The van der Waals surface area contributed by atoms with Crippen molar-refractivity contribution in [2.45, 2.75) is 32.7 Å². The van der Waals surface area contributed by atoms with E-state index in [1.807, 2.05) is 13.8 Å². The van der Waals surface area contributed by atoms with Crippen LogP contribution in [0.25, 0.3) is 0 Å². The van der Waals surface area contributed by atoms with Gasteiger partial charge in [0.25, 0.3) is 0 Å². The number of nitrogens with two attached hydrogens (primary N) is 1. The van der Waals surface area contributed by atoms with E-state index in [2.05, 4.69) is 0 Å². The third kappa shape index (κ3) is 2.72. The Morgan fingerprint density at radius 3 is 2.31 bits per heavy atom. The first kappa shape index (κ1) is 10.0. The van der Waals surface area contributed by atoms with Gasteiger partial charge in [-0.15, -0.1) is 0 Å². The molecule has 2 amide bonds. The molecule has 74 valence electrons. The molecule has 1 saturated carbocycles. The molecule has 0 bridgehead atoms. The number of carbonyl (C=O) groups excluding carboxylic acids is 2. The quantitative estimate of drug-likeness (QED) is 0.674. The van der Waals surface area contributed by atoms with Gasteiger partial charge < -0.3 is 10.6 Å². The van der Waals surface area contributed by atoms with Crippen LogP contribution in [-0.2, 0) is 9.59 Å². The molecule has 13 heavy (non-hydrogen) atoms. The summed E-state index contributed by atoms with van der Waals surface area (Å²) in [4.78, 5) is 23.8. The molecule has 0 aliphatic heterocycles. The topological polar surface area (TPSA) is 63.4 Å². The van der Waals surface area contributed by atoms with Crippen LogP contribution in [-0.4, -0.2) is 29.3 Å². The number of amides is 2. The molecule has 0 radical (unpaired) electrons. The second-order valence-corrected chi connectivity index (χ2v) is 3.80. The third-order valence-corrected chi connectivity index (χ3v) is 2.16. The summed E-state index contributed by atoms with van der Waals surface area (Å²) in [5.74, 6) is -0.210. The number of hydrogen-bond donors (Lipinski definition) is 1. The van der Waals surface area contributed by atoms with Gasteiger partial charge in [0.2, 0.25) is 11.8 Å². The smallest absolute Gasteiger partial charge is 0.237 e. The van der Waals surface area contributed by atoms with E-state index in [9.17, 15) is 9.59 Å². The van der Waals surface area contributed by atoms with E-state index in [1.165, 1.54) is 0 Å². The molecule has 0 spiro atoms. The highest BCUT2D eigenvalue weighted by molar-refractivity contribution is 5.86. The van der Waals surface area contributed by atoms with Gasteiger partial charge in [-0.3, -0.25) is 9.59 Å². The van der Waals surface area contributed by atoms with Crippen LogP contribution in [0.15, 0.2) is 0 Å². The highest BCUT2D eigenvalue weighted by atomic mass is 16.2. The summed E-state index contributed by atoms with van der Waals surface area (Å²) in [5, 5.41) is 0. The lowest BCUT2D eigenvalue weighted by atomic mass is 10.2. The Hall–Kier alpha value is -1.06. The number of hydrogen-bond acceptors (Lipinski definition) is 2. The van der Waals surface area contributed by atoms with E-state index in [1.54, 1.807) is 4.90 Å². The van der Waals surface area contributed by atoms with E-state index in [4.69, 9.17) is 5.73 Å². The zero-order valence-corrected chi connectivity index (χ0v) is 8.12. The summed E-state index contributed by atoms with van der Waals surface area (Å²) >= 11 is 0. The Morgan fingerprint density at radius 2 is 2.00 bits per heavy atom. The highest BCUT2D eigenvalue weighted by Crippen LogP contribution is 2.31. The van der Waals surface area contributed by atoms with Gasteiger partial charge in [0.1, 0.15) is 0 Å². The van der Waals surface area contributed by atoms with Gasteiger partial charge in [-0.2, -0.15) is 0 Å². The molecule has 0 unspecified atom stereocenters. The van der Waals surface area contributed by atoms with Crippen LogP contribution in [0.4, 0.5) is 0 Å². The molecular formula is C9H16N2O2. The van der Waals surface area contributed by atoms with Crippen molar-refractivity contribution >= 4 is 11.8 Å². The Morgan fingerprint density at radius 1 is 1.46 bits per heavy atom. The van der Waals surface area contributed by atoms with Gasteiger partial charge >= 0.3 is 0 Å². The standard InChI is InChI=1S/C9H16N2O2/c1-6(2)11(5-8(10)12)9(13)7-3-4-7/h6-7H,3-5H2,1-2H3,(H2,10,12). The lowest BCUT2D eigenvalue weighted by Gasteiger charge is -2.25.